The van der Waals surface area contributed by atoms with E-state index in [0.717, 1.165) is 24.1 Å². The number of para-hydroxylation sites is 2. The number of carbonyl (C=O) groups is 2. The third-order valence-electron chi connectivity index (χ3n) is 6.25. The highest BCUT2D eigenvalue weighted by Crippen LogP contribution is 2.36. The molecule has 2 fully saturated rings. The molecule has 1 atom stereocenters. The number of anilines is 2. The predicted octanol–water partition coefficient (Wildman–Crippen LogP) is 4.39. The molecule has 2 aromatic carbocycles. The highest BCUT2D eigenvalue weighted by atomic mass is 16.5. The molecule has 2 aliphatic rings. The fourth-order valence-electron chi connectivity index (χ4n) is 4.21. The van der Waals surface area contributed by atoms with Crippen LogP contribution in [0.25, 0.3) is 11.4 Å². The van der Waals surface area contributed by atoms with Crippen LogP contribution >= 0.6 is 0 Å². The van der Waals surface area contributed by atoms with E-state index in [4.69, 9.17) is 9.26 Å². The summed E-state index contributed by atoms with van der Waals surface area (Å²) >= 11 is 0. The van der Waals surface area contributed by atoms with Crippen molar-refractivity contribution in [3.05, 3.63) is 54.4 Å². The second-order valence-corrected chi connectivity index (χ2v) is 8.46. The monoisotopic (exact) mass is 446 g/mol. The minimum absolute atomic E-state index is 0.0892. The summed E-state index contributed by atoms with van der Waals surface area (Å²) in [4.78, 5) is 31.9. The third-order valence-corrected chi connectivity index (χ3v) is 6.25. The normalized spacial score (nSPS) is 18.3. The molecule has 0 unspecified atom stereocenters. The molecule has 8 nitrogen and oxygen atoms in total. The van der Waals surface area contributed by atoms with Gasteiger partial charge in [-0.15, -0.1) is 0 Å². The van der Waals surface area contributed by atoms with Crippen molar-refractivity contribution in [2.24, 2.45) is 5.92 Å². The first-order valence-electron chi connectivity index (χ1n) is 11.4. The zero-order chi connectivity index (χ0) is 22.8. The lowest BCUT2D eigenvalue weighted by Crippen LogP contribution is -2.28. The van der Waals surface area contributed by atoms with Gasteiger partial charge in [-0.2, -0.15) is 4.98 Å². The summed E-state index contributed by atoms with van der Waals surface area (Å²) in [6.07, 6.45) is 3.52. The smallest absolute Gasteiger partial charge is 0.230 e. The van der Waals surface area contributed by atoms with E-state index in [1.807, 2.05) is 49.4 Å². The molecule has 1 aliphatic heterocycles. The highest BCUT2D eigenvalue weighted by Gasteiger charge is 2.35. The number of rotatable bonds is 7. The molecular weight excluding hydrogens is 420 g/mol. The minimum Gasteiger partial charge on any atom is -0.492 e. The summed E-state index contributed by atoms with van der Waals surface area (Å²) in [5, 5.41) is 7.04. The fourth-order valence-corrected chi connectivity index (χ4v) is 4.21. The molecule has 2 amide bonds. The number of nitrogens with one attached hydrogen (secondary N) is 1. The van der Waals surface area contributed by atoms with E-state index in [9.17, 15) is 9.59 Å². The molecule has 3 aromatic rings. The maximum absolute atomic E-state index is 12.9. The molecule has 33 heavy (non-hydrogen) atoms. The maximum atomic E-state index is 12.9. The molecule has 5 rings (SSSR count). The van der Waals surface area contributed by atoms with Gasteiger partial charge in [0, 0.05) is 30.1 Å². The second kappa shape index (κ2) is 9.05. The van der Waals surface area contributed by atoms with Crippen LogP contribution in [0.1, 0.15) is 44.4 Å². The van der Waals surface area contributed by atoms with Crippen molar-refractivity contribution in [2.45, 2.75) is 38.5 Å². The Morgan fingerprint density at radius 2 is 2.06 bits per heavy atom. The largest absolute Gasteiger partial charge is 0.492 e. The summed E-state index contributed by atoms with van der Waals surface area (Å²) in [5.41, 5.74) is 2.11. The van der Waals surface area contributed by atoms with Gasteiger partial charge < -0.3 is 19.5 Å². The molecule has 1 saturated heterocycles. The summed E-state index contributed by atoms with van der Waals surface area (Å²) in [6, 6.07) is 14.8. The van der Waals surface area contributed by atoms with E-state index in [1.54, 1.807) is 11.0 Å². The number of amides is 2. The van der Waals surface area contributed by atoms with Crippen LogP contribution in [0, 0.1) is 5.92 Å². The van der Waals surface area contributed by atoms with Crippen molar-refractivity contribution in [1.29, 1.82) is 0 Å². The van der Waals surface area contributed by atoms with Gasteiger partial charge in [0.2, 0.25) is 23.5 Å². The summed E-state index contributed by atoms with van der Waals surface area (Å²) in [7, 11) is 0. The number of hydrogen-bond donors (Lipinski definition) is 1. The standard InChI is InChI=1S/C25H26N4O4/c1-2-32-21-12-4-3-11-20(21)26-24(31)18-14-22(30)29(15-18)19-10-6-9-17(13-19)23-27-25(33-28-23)16-7-5-8-16/h3-4,6,9-13,16,18H,2,5,7-8,14-15H2,1H3,(H,26,31)/t18-/m0/s1. The second-order valence-electron chi connectivity index (χ2n) is 8.46. The van der Waals surface area contributed by atoms with E-state index in [2.05, 4.69) is 15.5 Å². The Labute approximate surface area is 191 Å². The van der Waals surface area contributed by atoms with E-state index in [1.165, 1.54) is 6.42 Å². The first-order valence-corrected chi connectivity index (χ1v) is 11.4. The zero-order valence-electron chi connectivity index (χ0n) is 18.5. The Hall–Kier alpha value is -3.68. The molecule has 8 heteroatoms. The molecule has 0 radical (unpaired) electrons. The Balaban J connectivity index is 1.29. The van der Waals surface area contributed by atoms with Crippen LogP contribution < -0.4 is 15.0 Å². The molecule has 0 bridgehead atoms. The predicted molar refractivity (Wildman–Crippen MR) is 123 cm³/mol. The van der Waals surface area contributed by atoms with E-state index < -0.39 is 5.92 Å². The summed E-state index contributed by atoms with van der Waals surface area (Å²) in [6.45, 7) is 2.70. The fraction of sp³-hybridized carbons (Fsp3) is 0.360. The summed E-state index contributed by atoms with van der Waals surface area (Å²) < 4.78 is 11.0. The number of benzene rings is 2. The molecule has 1 aliphatic carbocycles. The van der Waals surface area contributed by atoms with Crippen molar-refractivity contribution in [3.8, 4) is 17.1 Å². The van der Waals surface area contributed by atoms with Crippen LogP contribution in [0.2, 0.25) is 0 Å². The highest BCUT2D eigenvalue weighted by molar-refractivity contribution is 6.04. The average molecular weight is 447 g/mol. The van der Waals surface area contributed by atoms with Crippen LogP contribution in [-0.4, -0.2) is 35.1 Å². The quantitative estimate of drug-likeness (QED) is 0.578. The van der Waals surface area contributed by atoms with Crippen LogP contribution in [0.4, 0.5) is 11.4 Å². The van der Waals surface area contributed by atoms with Crippen molar-refractivity contribution < 1.29 is 18.8 Å². The number of aromatic nitrogens is 2. The van der Waals surface area contributed by atoms with Gasteiger partial charge in [0.1, 0.15) is 5.75 Å². The van der Waals surface area contributed by atoms with Gasteiger partial charge in [-0.1, -0.05) is 35.8 Å². The van der Waals surface area contributed by atoms with E-state index in [-0.39, 0.29) is 18.2 Å². The number of nitrogens with zero attached hydrogens (tertiary/aromatic N) is 3. The lowest BCUT2D eigenvalue weighted by Gasteiger charge is -2.20. The van der Waals surface area contributed by atoms with E-state index >= 15 is 0 Å². The first kappa shape index (κ1) is 21.2. The lowest BCUT2D eigenvalue weighted by atomic mass is 9.85. The summed E-state index contributed by atoms with van der Waals surface area (Å²) in [5.74, 6) is 1.44. The van der Waals surface area contributed by atoms with E-state index in [0.29, 0.717) is 42.2 Å². The number of carbonyl (C=O) groups excluding carboxylic acids is 2. The van der Waals surface area contributed by atoms with Gasteiger partial charge in [0.05, 0.1) is 18.2 Å². The molecule has 1 N–H and O–H groups in total. The minimum atomic E-state index is -0.453. The lowest BCUT2D eigenvalue weighted by molar-refractivity contribution is -0.122. The SMILES string of the molecule is CCOc1ccccc1NC(=O)[C@H]1CC(=O)N(c2cccc(-c3noc(C4CCC4)n3)c2)C1. The third kappa shape index (κ3) is 4.33. The van der Waals surface area contributed by atoms with Gasteiger partial charge in [-0.25, -0.2) is 0 Å². The van der Waals surface area contributed by atoms with Crippen molar-refractivity contribution in [1.82, 2.24) is 10.1 Å². The van der Waals surface area contributed by atoms with Gasteiger partial charge >= 0.3 is 0 Å². The van der Waals surface area contributed by atoms with Crippen molar-refractivity contribution in [2.75, 3.05) is 23.4 Å². The molecule has 0 spiro atoms. The average Bonchev–Trinajstić information content (AvgIpc) is 3.41. The Bertz CT molecular complexity index is 1170. The van der Waals surface area contributed by atoms with Crippen LogP contribution in [0.3, 0.4) is 0 Å². The molecule has 1 aromatic heterocycles. The molecule has 1 saturated carbocycles. The van der Waals surface area contributed by atoms with Crippen molar-refractivity contribution >= 4 is 23.2 Å². The number of hydrogen-bond acceptors (Lipinski definition) is 6. The zero-order valence-corrected chi connectivity index (χ0v) is 18.5. The van der Waals surface area contributed by atoms with Gasteiger partial charge in [0.25, 0.3) is 0 Å². The maximum Gasteiger partial charge on any atom is 0.230 e. The topological polar surface area (TPSA) is 97.6 Å². The number of ether oxygens (including phenoxy) is 1. The van der Waals surface area contributed by atoms with Crippen LogP contribution in [0.5, 0.6) is 5.75 Å². The molecular formula is C25H26N4O4. The Morgan fingerprint density at radius 3 is 2.85 bits per heavy atom. The van der Waals surface area contributed by atoms with Gasteiger partial charge in [0.15, 0.2) is 0 Å². The van der Waals surface area contributed by atoms with Gasteiger partial charge in [-0.05, 0) is 44.0 Å². The van der Waals surface area contributed by atoms with Gasteiger partial charge in [-0.3, -0.25) is 9.59 Å². The molecule has 170 valence electrons. The Morgan fingerprint density at radius 1 is 1.21 bits per heavy atom. The van der Waals surface area contributed by atoms with Crippen molar-refractivity contribution in [3.63, 3.8) is 0 Å². The molecule has 2 heterocycles. The first-order chi connectivity index (χ1) is 16.1. The van der Waals surface area contributed by atoms with Crippen LogP contribution in [0.15, 0.2) is 53.1 Å². The Kier molecular flexibility index (Phi) is 5.81. The van der Waals surface area contributed by atoms with Crippen LogP contribution in [-0.2, 0) is 9.59 Å².